The zero-order valence-corrected chi connectivity index (χ0v) is 14.6. The number of anilines is 1. The lowest BCUT2D eigenvalue weighted by Crippen LogP contribution is -2.45. The van der Waals surface area contributed by atoms with Crippen molar-refractivity contribution in [3.63, 3.8) is 0 Å². The first-order chi connectivity index (χ1) is 11.6. The second-order valence-corrected chi connectivity index (χ2v) is 6.63. The van der Waals surface area contributed by atoms with Crippen LogP contribution in [0.3, 0.4) is 0 Å². The molecular weight excluding hydrogens is 324 g/mol. The largest absolute Gasteiger partial charge is 0.479 e. The van der Waals surface area contributed by atoms with Crippen LogP contribution in [0.4, 0.5) is 5.69 Å². The third-order valence-corrected chi connectivity index (χ3v) is 4.78. The molecule has 5 nitrogen and oxygen atoms in total. The van der Waals surface area contributed by atoms with E-state index in [1.54, 1.807) is 35.1 Å². The summed E-state index contributed by atoms with van der Waals surface area (Å²) in [6.07, 6.45) is -0.244. The number of fused-ring (bicyclic) bond motifs is 1. The van der Waals surface area contributed by atoms with Gasteiger partial charge in [0, 0.05) is 26.6 Å². The van der Waals surface area contributed by atoms with Crippen LogP contribution in [0.2, 0.25) is 0 Å². The molecule has 0 saturated heterocycles. The lowest BCUT2D eigenvalue weighted by molar-refractivity contribution is -0.130. The molecule has 0 N–H and O–H groups in total. The van der Waals surface area contributed by atoms with E-state index >= 15 is 0 Å². The van der Waals surface area contributed by atoms with Gasteiger partial charge in [-0.05, 0) is 41.4 Å². The predicted octanol–water partition coefficient (Wildman–Crippen LogP) is 2.91. The van der Waals surface area contributed by atoms with Crippen LogP contribution in [0.25, 0.3) is 0 Å². The monoisotopic (exact) mass is 344 g/mol. The molecule has 0 bridgehead atoms. The average Bonchev–Trinajstić information content (AvgIpc) is 3.08. The fourth-order valence-electron chi connectivity index (χ4n) is 2.73. The van der Waals surface area contributed by atoms with E-state index in [0.717, 1.165) is 11.3 Å². The molecule has 0 fully saturated rings. The first-order valence-corrected chi connectivity index (χ1v) is 8.82. The summed E-state index contributed by atoms with van der Waals surface area (Å²) in [5.74, 6) is 0.594. The van der Waals surface area contributed by atoms with E-state index in [0.29, 0.717) is 18.8 Å². The van der Waals surface area contributed by atoms with Crippen LogP contribution in [0.1, 0.15) is 18.9 Å². The summed E-state index contributed by atoms with van der Waals surface area (Å²) in [5, 5.41) is 4.03. The van der Waals surface area contributed by atoms with Crippen LogP contribution in [0, 0.1) is 0 Å². The van der Waals surface area contributed by atoms with Crippen LogP contribution in [-0.2, 0) is 16.1 Å². The van der Waals surface area contributed by atoms with E-state index < -0.39 is 6.10 Å². The first kappa shape index (κ1) is 16.5. The lowest BCUT2D eigenvalue weighted by Gasteiger charge is -2.33. The number of benzene rings is 1. The third-order valence-electron chi connectivity index (χ3n) is 4.05. The van der Waals surface area contributed by atoms with Gasteiger partial charge in [-0.3, -0.25) is 9.59 Å². The maximum atomic E-state index is 12.4. The summed E-state index contributed by atoms with van der Waals surface area (Å²) < 4.78 is 5.61. The van der Waals surface area contributed by atoms with Gasteiger partial charge in [0.1, 0.15) is 5.75 Å². The minimum Gasteiger partial charge on any atom is -0.479 e. The molecule has 2 heterocycles. The molecule has 1 aromatic carbocycles. The van der Waals surface area contributed by atoms with Crippen molar-refractivity contribution in [2.24, 2.45) is 0 Å². The maximum absolute atomic E-state index is 12.4. The second-order valence-electron chi connectivity index (χ2n) is 5.85. The van der Waals surface area contributed by atoms with Crippen molar-refractivity contribution in [3.8, 4) is 5.75 Å². The highest BCUT2D eigenvalue weighted by molar-refractivity contribution is 7.07. The number of carbonyl (C=O) groups excluding carboxylic acids is 2. The number of hydrogen-bond acceptors (Lipinski definition) is 4. The molecule has 1 aromatic heterocycles. The van der Waals surface area contributed by atoms with Gasteiger partial charge in [0.2, 0.25) is 5.91 Å². The number of hydrogen-bond donors (Lipinski definition) is 0. The molecule has 0 spiro atoms. The van der Waals surface area contributed by atoms with Crippen molar-refractivity contribution in [1.82, 2.24) is 4.90 Å². The number of rotatable bonds is 5. The normalized spacial score (nSPS) is 16.5. The van der Waals surface area contributed by atoms with Crippen LogP contribution < -0.4 is 9.64 Å². The topological polar surface area (TPSA) is 49.9 Å². The van der Waals surface area contributed by atoms with Gasteiger partial charge < -0.3 is 14.5 Å². The zero-order valence-electron chi connectivity index (χ0n) is 13.8. The molecule has 0 radical (unpaired) electrons. The van der Waals surface area contributed by atoms with E-state index in [1.807, 2.05) is 41.1 Å². The number of carbonyl (C=O) groups is 2. The summed E-state index contributed by atoms with van der Waals surface area (Å²) in [5.41, 5.74) is 1.85. The van der Waals surface area contributed by atoms with Gasteiger partial charge in [-0.25, -0.2) is 0 Å². The van der Waals surface area contributed by atoms with E-state index in [1.165, 1.54) is 0 Å². The highest BCUT2D eigenvalue weighted by Gasteiger charge is 2.31. The Morgan fingerprint density at radius 3 is 2.88 bits per heavy atom. The van der Waals surface area contributed by atoms with Gasteiger partial charge >= 0.3 is 0 Å². The molecule has 3 rings (SSSR count). The fraction of sp³-hybridized carbons (Fsp3) is 0.333. The Bertz CT molecular complexity index is 730. The summed E-state index contributed by atoms with van der Waals surface area (Å²) in [6, 6.07) is 9.44. The third kappa shape index (κ3) is 3.43. The first-order valence-electron chi connectivity index (χ1n) is 7.88. The Hall–Kier alpha value is -2.34. The average molecular weight is 344 g/mol. The standard InChI is InChI=1S/C18H20N2O3S/c1-13-18(22)20(15-5-3-4-6-16(15)23-13)9-7-17(21)19(2)11-14-8-10-24-12-14/h3-6,8,10,12-13H,7,9,11H2,1-2H3/t13-/m1/s1. The highest BCUT2D eigenvalue weighted by atomic mass is 32.1. The minimum absolute atomic E-state index is 0.0191. The van der Waals surface area contributed by atoms with Crippen LogP contribution in [0.15, 0.2) is 41.1 Å². The zero-order chi connectivity index (χ0) is 17.1. The van der Waals surface area contributed by atoms with Gasteiger partial charge in [-0.15, -0.1) is 0 Å². The molecule has 126 valence electrons. The van der Waals surface area contributed by atoms with Crippen molar-refractivity contribution in [3.05, 3.63) is 46.7 Å². The number of para-hydroxylation sites is 2. The molecule has 6 heteroatoms. The van der Waals surface area contributed by atoms with Crippen molar-refractivity contribution in [2.45, 2.75) is 26.0 Å². The predicted molar refractivity (Wildman–Crippen MR) is 94.3 cm³/mol. The van der Waals surface area contributed by atoms with Crippen molar-refractivity contribution < 1.29 is 14.3 Å². The number of nitrogens with zero attached hydrogens (tertiary/aromatic N) is 2. The van der Waals surface area contributed by atoms with Crippen LogP contribution in [-0.4, -0.2) is 36.4 Å². The molecule has 0 aliphatic carbocycles. The van der Waals surface area contributed by atoms with Gasteiger partial charge in [0.15, 0.2) is 6.10 Å². The van der Waals surface area contributed by atoms with Crippen molar-refractivity contribution in [1.29, 1.82) is 0 Å². The summed E-state index contributed by atoms with van der Waals surface area (Å²) in [4.78, 5) is 28.1. The number of thiophene rings is 1. The number of ether oxygens (including phenoxy) is 1. The summed E-state index contributed by atoms with van der Waals surface area (Å²) in [6.45, 7) is 2.68. The molecule has 0 saturated carbocycles. The summed E-state index contributed by atoms with van der Waals surface area (Å²) >= 11 is 1.62. The maximum Gasteiger partial charge on any atom is 0.267 e. The Morgan fingerprint density at radius 1 is 1.33 bits per heavy atom. The Balaban J connectivity index is 1.65. The molecule has 0 unspecified atom stereocenters. The molecular formula is C18H20N2O3S. The Morgan fingerprint density at radius 2 is 2.12 bits per heavy atom. The van der Waals surface area contributed by atoms with Crippen LogP contribution >= 0.6 is 11.3 Å². The summed E-state index contributed by atoms with van der Waals surface area (Å²) in [7, 11) is 1.79. The number of amides is 2. The fourth-order valence-corrected chi connectivity index (χ4v) is 3.39. The quantitative estimate of drug-likeness (QED) is 0.838. The van der Waals surface area contributed by atoms with Gasteiger partial charge in [-0.2, -0.15) is 11.3 Å². The molecule has 1 atom stereocenters. The van der Waals surface area contributed by atoms with Crippen molar-refractivity contribution in [2.75, 3.05) is 18.5 Å². The van der Waals surface area contributed by atoms with Gasteiger partial charge in [0.25, 0.3) is 5.91 Å². The van der Waals surface area contributed by atoms with E-state index in [9.17, 15) is 9.59 Å². The molecule has 1 aliphatic rings. The SMILES string of the molecule is C[C@H]1Oc2ccccc2N(CCC(=O)N(C)Cc2ccsc2)C1=O. The van der Waals surface area contributed by atoms with E-state index in [4.69, 9.17) is 4.74 Å². The smallest absolute Gasteiger partial charge is 0.267 e. The molecule has 2 amide bonds. The molecule has 24 heavy (non-hydrogen) atoms. The minimum atomic E-state index is -0.529. The van der Waals surface area contributed by atoms with Gasteiger partial charge in [0.05, 0.1) is 5.69 Å². The van der Waals surface area contributed by atoms with Crippen LogP contribution in [0.5, 0.6) is 5.75 Å². The Labute approximate surface area is 145 Å². The molecule has 2 aromatic rings. The van der Waals surface area contributed by atoms with Crippen molar-refractivity contribution >= 4 is 28.8 Å². The lowest BCUT2D eigenvalue weighted by atomic mass is 10.1. The molecule has 1 aliphatic heterocycles. The van der Waals surface area contributed by atoms with Gasteiger partial charge in [-0.1, -0.05) is 12.1 Å². The second kappa shape index (κ2) is 7.05. The van der Waals surface area contributed by atoms with E-state index in [2.05, 4.69) is 0 Å². The highest BCUT2D eigenvalue weighted by Crippen LogP contribution is 2.33. The Kier molecular flexibility index (Phi) is 4.85. The van der Waals surface area contributed by atoms with E-state index in [-0.39, 0.29) is 18.2 Å².